The van der Waals surface area contributed by atoms with Gasteiger partial charge in [0.2, 0.25) is 0 Å². The van der Waals surface area contributed by atoms with Crippen LogP contribution in [0, 0.1) is 0 Å². The molecule has 0 aliphatic rings. The Morgan fingerprint density at radius 1 is 0.708 bits per heavy atom. The molecule has 3 heteroatoms. The summed E-state index contributed by atoms with van der Waals surface area (Å²) in [5, 5.41) is 9.26. The largest absolute Gasteiger partial charge is 0.550 e. The third kappa shape index (κ3) is 5.07. The third-order valence-electron chi connectivity index (χ3n) is 3.48. The molecular weight excluding hydrogens is 298 g/mol. The number of nitrogens with one attached hydrogen (secondary N) is 1. The van der Waals surface area contributed by atoms with Gasteiger partial charge in [0.05, 0.1) is 0 Å². The van der Waals surface area contributed by atoms with Gasteiger partial charge >= 0.3 is 0 Å². The molecule has 3 aromatic carbocycles. The number of carbonyl (C=O) groups excluding carboxylic acids is 1. The van der Waals surface area contributed by atoms with Gasteiger partial charge in [-0.15, -0.1) is 0 Å². The number of hydrogen-bond donors (Lipinski definition) is 1. The average Bonchev–Trinajstić information content (AvgIpc) is 2.65. The van der Waals surface area contributed by atoms with E-state index in [0.717, 1.165) is 0 Å². The van der Waals surface area contributed by atoms with E-state index in [9.17, 15) is 9.90 Å². The Kier molecular flexibility index (Phi) is 6.74. The van der Waals surface area contributed by atoms with Gasteiger partial charge in [0.25, 0.3) is 0 Å². The summed E-state index contributed by atoms with van der Waals surface area (Å²) in [6.45, 7) is 1.54. The second-order valence-corrected chi connectivity index (χ2v) is 5.20. The first-order chi connectivity index (χ1) is 11.7. The molecule has 0 aliphatic carbocycles. The van der Waals surface area contributed by atoms with Crippen LogP contribution in [0.2, 0.25) is 0 Å². The Balaban J connectivity index is 0.000000368. The molecule has 0 spiro atoms. The first-order valence-corrected chi connectivity index (χ1v) is 7.95. The van der Waals surface area contributed by atoms with E-state index in [2.05, 4.69) is 91.0 Å². The zero-order valence-electron chi connectivity index (χ0n) is 13.7. The molecule has 0 fully saturated rings. The van der Waals surface area contributed by atoms with Gasteiger partial charge in [0.15, 0.2) is 0 Å². The lowest BCUT2D eigenvalue weighted by Crippen LogP contribution is -2.96. The zero-order chi connectivity index (χ0) is 17.2. The Labute approximate surface area is 142 Å². The van der Waals surface area contributed by atoms with Crippen LogP contribution in [0.3, 0.4) is 0 Å². The molecule has 0 heterocycles. The highest BCUT2D eigenvalue weighted by Gasteiger charge is 2.17. The highest BCUT2D eigenvalue weighted by molar-refractivity contribution is 5.63. The number of benzene rings is 3. The molecule has 3 aromatic rings. The summed E-state index contributed by atoms with van der Waals surface area (Å²) in [4.78, 5) is 10.5. The van der Waals surface area contributed by atoms with Gasteiger partial charge in [-0.25, -0.2) is 4.90 Å². The van der Waals surface area contributed by atoms with Crippen molar-refractivity contribution in [3.8, 4) is 0 Å². The lowest BCUT2D eigenvalue weighted by Gasteiger charge is -2.18. The van der Waals surface area contributed by atoms with Gasteiger partial charge in [0.1, 0.15) is 17.1 Å². The molecule has 0 unspecified atom stereocenters. The molecule has 0 bridgehead atoms. The van der Waals surface area contributed by atoms with Crippen LogP contribution in [-0.4, -0.2) is 5.97 Å². The summed E-state index contributed by atoms with van der Waals surface area (Å²) >= 11 is 0. The van der Waals surface area contributed by atoms with Crippen LogP contribution in [0.1, 0.15) is 13.3 Å². The van der Waals surface area contributed by atoms with Gasteiger partial charge in [-0.1, -0.05) is 61.5 Å². The van der Waals surface area contributed by atoms with Crippen LogP contribution in [0.15, 0.2) is 91.0 Å². The maximum Gasteiger partial charge on any atom is 0.141 e. The monoisotopic (exact) mass is 319 g/mol. The molecular formula is C21H21NO2. The first-order valence-electron chi connectivity index (χ1n) is 7.95. The highest BCUT2D eigenvalue weighted by atomic mass is 16.4. The summed E-state index contributed by atoms with van der Waals surface area (Å²) in [6, 6.07) is 31.6. The molecule has 24 heavy (non-hydrogen) atoms. The smallest absolute Gasteiger partial charge is 0.141 e. The van der Waals surface area contributed by atoms with Crippen molar-refractivity contribution in [3.63, 3.8) is 0 Å². The molecule has 1 N–H and O–H groups in total. The summed E-state index contributed by atoms with van der Waals surface area (Å²) in [5.41, 5.74) is 3.75. The molecule has 3 rings (SSSR count). The topological polar surface area (TPSA) is 44.6 Å². The van der Waals surface area contributed by atoms with E-state index in [1.54, 1.807) is 0 Å². The number of quaternary nitrogens is 1. The minimum atomic E-state index is -0.995. The number of rotatable bonds is 4. The van der Waals surface area contributed by atoms with Crippen LogP contribution in [0.25, 0.3) is 0 Å². The Morgan fingerprint density at radius 3 is 1.17 bits per heavy atom. The van der Waals surface area contributed by atoms with E-state index < -0.39 is 5.97 Å². The standard InChI is InChI=1S/C18H15N.C3H6O2/c1-4-10-16(11-5-1)19(17-12-6-2-7-13-17)18-14-8-3-9-15-18;1-2-3(4)5/h1-15H;2H2,1H3,(H,4,5). The van der Waals surface area contributed by atoms with E-state index >= 15 is 0 Å². The lowest BCUT2D eigenvalue weighted by molar-refractivity contribution is -0.681. The number of carboxylic acid groups (broad SMARTS) is 1. The van der Waals surface area contributed by atoms with Crippen LogP contribution < -0.4 is 10.0 Å². The molecule has 0 amide bonds. The first kappa shape index (κ1) is 17.4. The number of carboxylic acids is 1. The van der Waals surface area contributed by atoms with Crippen LogP contribution in [0.4, 0.5) is 17.1 Å². The maximum atomic E-state index is 9.26. The second-order valence-electron chi connectivity index (χ2n) is 5.20. The minimum absolute atomic E-state index is 0.111. The minimum Gasteiger partial charge on any atom is -0.550 e. The van der Waals surface area contributed by atoms with Crippen molar-refractivity contribution >= 4 is 23.0 Å². The van der Waals surface area contributed by atoms with Crippen LogP contribution in [-0.2, 0) is 4.79 Å². The lowest BCUT2D eigenvalue weighted by atomic mass is 10.2. The van der Waals surface area contributed by atoms with Crippen LogP contribution in [0.5, 0.6) is 0 Å². The Bertz CT molecular complexity index is 634. The van der Waals surface area contributed by atoms with Gasteiger partial charge < -0.3 is 9.90 Å². The predicted octanol–water partition coefficient (Wildman–Crippen LogP) is 3.01. The van der Waals surface area contributed by atoms with Crippen molar-refractivity contribution in [1.29, 1.82) is 0 Å². The molecule has 122 valence electrons. The highest BCUT2D eigenvalue weighted by Crippen LogP contribution is 2.13. The Morgan fingerprint density at radius 2 is 0.958 bits per heavy atom. The fourth-order valence-corrected chi connectivity index (χ4v) is 2.31. The SMILES string of the molecule is CCC(=O)[O-].c1ccc([NH+](c2ccccc2)c2ccccc2)cc1. The van der Waals surface area contributed by atoms with Crippen molar-refractivity contribution < 1.29 is 14.8 Å². The molecule has 0 aliphatic heterocycles. The molecule has 3 nitrogen and oxygen atoms in total. The average molecular weight is 319 g/mol. The van der Waals surface area contributed by atoms with E-state index in [4.69, 9.17) is 0 Å². The summed E-state index contributed by atoms with van der Waals surface area (Å²) in [5.74, 6) is -0.995. The van der Waals surface area contributed by atoms with Crippen molar-refractivity contribution in [1.82, 2.24) is 0 Å². The van der Waals surface area contributed by atoms with Gasteiger partial charge in [-0.2, -0.15) is 0 Å². The Hall–Kier alpha value is -2.91. The number of hydrogen-bond acceptors (Lipinski definition) is 2. The van der Waals surface area contributed by atoms with Crippen molar-refractivity contribution in [2.45, 2.75) is 13.3 Å². The fraction of sp³-hybridized carbons (Fsp3) is 0.0952. The maximum absolute atomic E-state index is 9.26. The molecule has 0 atom stereocenters. The van der Waals surface area contributed by atoms with Crippen LogP contribution >= 0.6 is 0 Å². The van der Waals surface area contributed by atoms with E-state index in [1.165, 1.54) is 28.9 Å². The molecule has 0 saturated carbocycles. The third-order valence-corrected chi connectivity index (χ3v) is 3.48. The summed E-state index contributed by atoms with van der Waals surface area (Å²) in [7, 11) is 0. The zero-order valence-corrected chi connectivity index (χ0v) is 13.7. The van der Waals surface area contributed by atoms with Gasteiger partial charge in [-0.3, -0.25) is 0 Å². The summed E-state index contributed by atoms with van der Waals surface area (Å²) < 4.78 is 0. The van der Waals surface area contributed by atoms with Crippen molar-refractivity contribution in [3.05, 3.63) is 91.0 Å². The molecule has 0 radical (unpaired) electrons. The van der Waals surface area contributed by atoms with Gasteiger partial charge in [-0.05, 0) is 42.8 Å². The number of aliphatic carboxylic acids is 1. The van der Waals surface area contributed by atoms with Crippen molar-refractivity contribution in [2.75, 3.05) is 0 Å². The molecule has 0 aromatic heterocycles. The normalized spacial score (nSPS) is 9.92. The predicted molar refractivity (Wildman–Crippen MR) is 94.6 cm³/mol. The quantitative estimate of drug-likeness (QED) is 0.803. The van der Waals surface area contributed by atoms with E-state index in [0.29, 0.717) is 0 Å². The van der Waals surface area contributed by atoms with E-state index in [1.807, 2.05) is 0 Å². The van der Waals surface area contributed by atoms with Crippen molar-refractivity contribution in [2.24, 2.45) is 0 Å². The number of carbonyl (C=O) groups is 1. The fourth-order valence-electron chi connectivity index (χ4n) is 2.31. The molecule has 0 saturated heterocycles. The number of para-hydroxylation sites is 3. The summed E-state index contributed by atoms with van der Waals surface area (Å²) in [6.07, 6.45) is 0.111. The van der Waals surface area contributed by atoms with E-state index in [-0.39, 0.29) is 6.42 Å². The van der Waals surface area contributed by atoms with Gasteiger partial charge in [0, 0.05) is 5.97 Å². The second kappa shape index (κ2) is 9.28.